The molecule has 1 amide bonds. The molecule has 1 rings (SSSR count). The first-order valence-electron chi connectivity index (χ1n) is 6.20. The van der Waals surface area contributed by atoms with Crippen LogP contribution in [0, 0.1) is 0 Å². The van der Waals surface area contributed by atoms with E-state index >= 15 is 0 Å². The summed E-state index contributed by atoms with van der Waals surface area (Å²) < 4.78 is 5.56. The molecule has 0 bridgehead atoms. The van der Waals surface area contributed by atoms with E-state index in [0.717, 1.165) is 17.7 Å². The Morgan fingerprint density at radius 2 is 1.89 bits per heavy atom. The molecule has 100 valence electrons. The number of amides is 1. The van der Waals surface area contributed by atoms with Crippen LogP contribution in [-0.4, -0.2) is 31.1 Å². The van der Waals surface area contributed by atoms with Crippen LogP contribution in [0.15, 0.2) is 24.3 Å². The molecule has 0 fully saturated rings. The van der Waals surface area contributed by atoms with E-state index in [9.17, 15) is 4.79 Å². The molecule has 0 saturated heterocycles. The van der Waals surface area contributed by atoms with Crippen LogP contribution in [0.25, 0.3) is 0 Å². The van der Waals surface area contributed by atoms with E-state index in [2.05, 4.69) is 5.43 Å². The first-order chi connectivity index (χ1) is 8.47. The first-order valence-corrected chi connectivity index (χ1v) is 6.20. The number of benzene rings is 1. The van der Waals surface area contributed by atoms with Crippen molar-refractivity contribution >= 4 is 5.91 Å². The number of aryl methyl sites for hydroxylation is 1. The molecule has 0 heterocycles. The second kappa shape index (κ2) is 7.01. The van der Waals surface area contributed by atoms with E-state index in [1.54, 1.807) is 19.1 Å². The van der Waals surface area contributed by atoms with Gasteiger partial charge >= 0.3 is 0 Å². The monoisotopic (exact) mass is 250 g/mol. The minimum Gasteiger partial charge on any atom is -0.491 e. The molecule has 4 nitrogen and oxygen atoms in total. The maximum absolute atomic E-state index is 11.5. The molecule has 0 radical (unpaired) electrons. The number of rotatable bonds is 6. The topological polar surface area (TPSA) is 41.6 Å². The number of ether oxygens (including phenoxy) is 1. The highest BCUT2D eigenvalue weighted by molar-refractivity contribution is 5.75. The lowest BCUT2D eigenvalue weighted by molar-refractivity contribution is -0.124. The molecule has 4 heteroatoms. The van der Waals surface area contributed by atoms with Crippen LogP contribution in [0.2, 0.25) is 0 Å². The van der Waals surface area contributed by atoms with Crippen molar-refractivity contribution in [1.29, 1.82) is 0 Å². The maximum atomic E-state index is 11.5. The van der Waals surface area contributed by atoms with Gasteiger partial charge in [-0.3, -0.25) is 10.2 Å². The van der Waals surface area contributed by atoms with Gasteiger partial charge in [-0.25, -0.2) is 5.01 Å². The van der Waals surface area contributed by atoms with Crippen LogP contribution >= 0.6 is 0 Å². The zero-order chi connectivity index (χ0) is 13.5. The van der Waals surface area contributed by atoms with Gasteiger partial charge in [-0.1, -0.05) is 12.1 Å². The molecule has 0 atom stereocenters. The summed E-state index contributed by atoms with van der Waals surface area (Å²) in [5.41, 5.74) is 3.86. The molecule has 0 aromatic heterocycles. The van der Waals surface area contributed by atoms with Gasteiger partial charge in [-0.15, -0.1) is 0 Å². The van der Waals surface area contributed by atoms with Crippen LogP contribution < -0.4 is 10.2 Å². The van der Waals surface area contributed by atoms with Gasteiger partial charge in [0.15, 0.2) is 0 Å². The van der Waals surface area contributed by atoms with Crippen LogP contribution in [0.1, 0.15) is 25.8 Å². The van der Waals surface area contributed by atoms with Crippen LogP contribution in [0.5, 0.6) is 5.75 Å². The van der Waals surface area contributed by atoms with Crippen molar-refractivity contribution in [3.05, 3.63) is 29.8 Å². The molecule has 1 aromatic carbocycles. The van der Waals surface area contributed by atoms with E-state index in [1.807, 2.05) is 38.1 Å². The predicted octanol–water partition coefficient (Wildman–Crippen LogP) is 2.00. The molecule has 1 N–H and O–H groups in total. The molecule has 1 aromatic rings. The van der Waals surface area contributed by atoms with E-state index in [4.69, 9.17) is 4.74 Å². The van der Waals surface area contributed by atoms with E-state index in [-0.39, 0.29) is 12.0 Å². The first kappa shape index (κ1) is 14.5. The molecule has 0 aliphatic rings. The number of nitrogens with one attached hydrogen (secondary N) is 1. The molecule has 0 unspecified atom stereocenters. The van der Waals surface area contributed by atoms with Crippen LogP contribution in [-0.2, 0) is 11.2 Å². The normalized spacial score (nSPS) is 10.8. The quantitative estimate of drug-likeness (QED) is 0.785. The lowest BCUT2D eigenvalue weighted by atomic mass is 10.1. The number of carbonyl (C=O) groups is 1. The second-order valence-electron chi connectivity index (χ2n) is 4.74. The third kappa shape index (κ3) is 5.68. The average Bonchev–Trinajstić information content (AvgIpc) is 2.26. The third-order valence-corrected chi connectivity index (χ3v) is 2.28. The summed E-state index contributed by atoms with van der Waals surface area (Å²) in [5.74, 6) is 0.897. The van der Waals surface area contributed by atoms with Crippen molar-refractivity contribution in [2.45, 2.75) is 32.8 Å². The summed E-state index contributed by atoms with van der Waals surface area (Å²) in [6, 6.07) is 7.89. The Hall–Kier alpha value is -1.55. The Kier molecular flexibility index (Phi) is 5.65. The van der Waals surface area contributed by atoms with Gasteiger partial charge in [0.05, 0.1) is 6.10 Å². The number of hydrogen-bond acceptors (Lipinski definition) is 3. The molecule has 0 saturated carbocycles. The summed E-state index contributed by atoms with van der Waals surface area (Å²) >= 11 is 0. The Labute approximate surface area is 109 Å². The summed E-state index contributed by atoms with van der Waals surface area (Å²) in [6.07, 6.45) is 1.41. The zero-order valence-corrected chi connectivity index (χ0v) is 11.6. The van der Waals surface area contributed by atoms with Gasteiger partial charge in [0.25, 0.3) is 0 Å². The fourth-order valence-electron chi connectivity index (χ4n) is 1.57. The zero-order valence-electron chi connectivity index (χ0n) is 11.6. The minimum absolute atomic E-state index is 0.0301. The Morgan fingerprint density at radius 3 is 2.39 bits per heavy atom. The lowest BCUT2D eigenvalue weighted by Crippen LogP contribution is -2.36. The van der Waals surface area contributed by atoms with Crippen molar-refractivity contribution in [2.24, 2.45) is 0 Å². The highest BCUT2D eigenvalue weighted by atomic mass is 16.5. The molecule has 18 heavy (non-hydrogen) atoms. The highest BCUT2D eigenvalue weighted by Gasteiger charge is 2.03. The fourth-order valence-corrected chi connectivity index (χ4v) is 1.57. The smallest absolute Gasteiger partial charge is 0.234 e. The average molecular weight is 250 g/mol. The van der Waals surface area contributed by atoms with Crippen LogP contribution in [0.4, 0.5) is 0 Å². The summed E-state index contributed by atoms with van der Waals surface area (Å²) in [5, 5.41) is 1.65. The summed E-state index contributed by atoms with van der Waals surface area (Å²) in [6.45, 7) is 4.00. The Bertz CT molecular complexity index is 372. The van der Waals surface area contributed by atoms with E-state index in [1.165, 1.54) is 0 Å². The van der Waals surface area contributed by atoms with Crippen molar-refractivity contribution in [3.8, 4) is 5.75 Å². The summed E-state index contributed by atoms with van der Waals surface area (Å²) in [7, 11) is 3.60. The summed E-state index contributed by atoms with van der Waals surface area (Å²) in [4.78, 5) is 11.5. The van der Waals surface area contributed by atoms with Crippen molar-refractivity contribution < 1.29 is 9.53 Å². The maximum Gasteiger partial charge on any atom is 0.234 e. The third-order valence-electron chi connectivity index (χ3n) is 2.28. The van der Waals surface area contributed by atoms with Gasteiger partial charge in [0.2, 0.25) is 5.91 Å². The SMILES string of the molecule is CC(C)Oc1ccc(CCC(=O)NN(C)C)cc1. The van der Waals surface area contributed by atoms with E-state index < -0.39 is 0 Å². The Morgan fingerprint density at radius 1 is 1.28 bits per heavy atom. The number of hydrogen-bond donors (Lipinski definition) is 1. The highest BCUT2D eigenvalue weighted by Crippen LogP contribution is 2.14. The molecule has 0 spiro atoms. The predicted molar refractivity (Wildman–Crippen MR) is 72.4 cm³/mol. The van der Waals surface area contributed by atoms with Gasteiger partial charge in [0.1, 0.15) is 5.75 Å². The molecule has 0 aliphatic carbocycles. The van der Waals surface area contributed by atoms with Crippen molar-refractivity contribution in [1.82, 2.24) is 10.4 Å². The van der Waals surface area contributed by atoms with E-state index in [0.29, 0.717) is 6.42 Å². The van der Waals surface area contributed by atoms with Crippen molar-refractivity contribution in [2.75, 3.05) is 14.1 Å². The van der Waals surface area contributed by atoms with Crippen LogP contribution in [0.3, 0.4) is 0 Å². The van der Waals surface area contributed by atoms with Crippen molar-refractivity contribution in [3.63, 3.8) is 0 Å². The second-order valence-corrected chi connectivity index (χ2v) is 4.74. The van der Waals surface area contributed by atoms with Gasteiger partial charge < -0.3 is 4.74 Å². The number of hydrazine groups is 1. The number of carbonyl (C=O) groups excluding carboxylic acids is 1. The number of nitrogens with zero attached hydrogens (tertiary/aromatic N) is 1. The molecular weight excluding hydrogens is 228 g/mol. The Balaban J connectivity index is 2.41. The minimum atomic E-state index is 0.0301. The molecule has 0 aliphatic heterocycles. The molecular formula is C14H22N2O2. The fraction of sp³-hybridized carbons (Fsp3) is 0.500. The standard InChI is InChI=1S/C14H22N2O2/c1-11(2)18-13-8-5-12(6-9-13)7-10-14(17)15-16(3)4/h5-6,8-9,11H,7,10H2,1-4H3,(H,15,17). The lowest BCUT2D eigenvalue weighted by Gasteiger charge is -2.12. The van der Waals surface area contributed by atoms with Gasteiger partial charge in [-0.2, -0.15) is 0 Å². The van der Waals surface area contributed by atoms with Gasteiger partial charge in [-0.05, 0) is 38.0 Å². The van der Waals surface area contributed by atoms with Gasteiger partial charge in [0, 0.05) is 20.5 Å². The largest absolute Gasteiger partial charge is 0.491 e.